The molecular formula is C18H13F3N6O5. The van der Waals surface area contributed by atoms with Crippen LogP contribution in [-0.2, 0) is 11.3 Å². The molecule has 166 valence electrons. The number of benzene rings is 1. The minimum atomic E-state index is -5.08. The minimum Gasteiger partial charge on any atom is -0.475 e. The number of fused-ring (bicyclic) bond motifs is 3. The van der Waals surface area contributed by atoms with Gasteiger partial charge in [0.25, 0.3) is 11.6 Å². The lowest BCUT2D eigenvalue weighted by Gasteiger charge is -2.07. The van der Waals surface area contributed by atoms with E-state index in [4.69, 9.17) is 9.90 Å². The van der Waals surface area contributed by atoms with E-state index in [2.05, 4.69) is 20.3 Å². The molecule has 0 spiro atoms. The molecule has 0 unspecified atom stereocenters. The number of pyridine rings is 1. The van der Waals surface area contributed by atoms with Gasteiger partial charge in [0.1, 0.15) is 5.82 Å². The van der Waals surface area contributed by atoms with Gasteiger partial charge in [-0.05, 0) is 18.2 Å². The highest BCUT2D eigenvalue weighted by Gasteiger charge is 2.38. The van der Waals surface area contributed by atoms with Gasteiger partial charge in [-0.15, -0.1) is 0 Å². The molecule has 0 atom stereocenters. The first-order valence-corrected chi connectivity index (χ1v) is 8.80. The molecule has 2 aromatic heterocycles. The monoisotopic (exact) mass is 450 g/mol. The van der Waals surface area contributed by atoms with Gasteiger partial charge in [-0.3, -0.25) is 24.5 Å². The van der Waals surface area contributed by atoms with Crippen molar-refractivity contribution in [1.82, 2.24) is 14.5 Å². The summed E-state index contributed by atoms with van der Waals surface area (Å²) < 4.78 is 33.5. The molecule has 3 aromatic rings. The van der Waals surface area contributed by atoms with Crippen molar-refractivity contribution in [2.75, 3.05) is 11.9 Å². The first kappa shape index (κ1) is 22.3. The van der Waals surface area contributed by atoms with Gasteiger partial charge in [0.2, 0.25) is 5.62 Å². The standard InChI is InChI=1S/C16H12N6O3.C2HF3O2/c23-15(10-2-1-5-17-9-10)20-16-19-13-4-3-11(22(24)25)8-12(13)14-18-6-7-21(14)16;3-2(4,5)1(6)7/h1-5,8-9,18H,6-7H2;(H,6,7). The van der Waals surface area contributed by atoms with Crippen molar-refractivity contribution in [2.24, 2.45) is 4.99 Å². The number of amides is 1. The van der Waals surface area contributed by atoms with Gasteiger partial charge in [-0.1, -0.05) is 0 Å². The van der Waals surface area contributed by atoms with Crippen molar-refractivity contribution in [2.45, 2.75) is 12.7 Å². The fourth-order valence-electron chi connectivity index (χ4n) is 2.76. The lowest BCUT2D eigenvalue weighted by molar-refractivity contribution is -0.384. The summed E-state index contributed by atoms with van der Waals surface area (Å²) in [5, 5.41) is 21.9. The summed E-state index contributed by atoms with van der Waals surface area (Å²) in [6.45, 7) is 1.20. The van der Waals surface area contributed by atoms with Crippen LogP contribution in [0.1, 0.15) is 10.4 Å². The van der Waals surface area contributed by atoms with Crippen molar-refractivity contribution in [3.63, 3.8) is 0 Å². The highest BCUT2D eigenvalue weighted by Crippen LogP contribution is 2.26. The number of carboxylic acids is 1. The number of carbonyl (C=O) groups is 2. The predicted molar refractivity (Wildman–Crippen MR) is 103 cm³/mol. The maximum absolute atomic E-state index is 12.3. The molecule has 1 aliphatic heterocycles. The Morgan fingerprint density at radius 2 is 2.00 bits per heavy atom. The Balaban J connectivity index is 0.000000360. The van der Waals surface area contributed by atoms with Crippen LogP contribution >= 0.6 is 0 Å². The minimum absolute atomic E-state index is 0.0121. The summed E-state index contributed by atoms with van der Waals surface area (Å²) in [7, 11) is 0. The lowest BCUT2D eigenvalue weighted by atomic mass is 10.2. The van der Waals surface area contributed by atoms with Crippen molar-refractivity contribution < 1.29 is 32.8 Å². The summed E-state index contributed by atoms with van der Waals surface area (Å²) in [4.78, 5) is 44.2. The second-order valence-electron chi connectivity index (χ2n) is 6.26. The van der Waals surface area contributed by atoms with E-state index in [1.165, 1.54) is 18.3 Å². The second-order valence-corrected chi connectivity index (χ2v) is 6.26. The van der Waals surface area contributed by atoms with E-state index < -0.39 is 23.0 Å². The van der Waals surface area contributed by atoms with E-state index in [0.717, 1.165) is 0 Å². The number of carboxylic acid groups (broad SMARTS) is 1. The van der Waals surface area contributed by atoms with Gasteiger partial charge >= 0.3 is 12.1 Å². The molecule has 0 saturated carbocycles. The van der Waals surface area contributed by atoms with Crippen molar-refractivity contribution in [3.8, 4) is 0 Å². The molecule has 0 radical (unpaired) electrons. The Morgan fingerprint density at radius 1 is 1.28 bits per heavy atom. The maximum Gasteiger partial charge on any atom is 0.490 e. The van der Waals surface area contributed by atoms with Crippen molar-refractivity contribution in [1.29, 1.82) is 0 Å². The predicted octanol–water partition coefficient (Wildman–Crippen LogP) is 2.14. The van der Waals surface area contributed by atoms with Crippen LogP contribution in [0.4, 0.5) is 24.7 Å². The van der Waals surface area contributed by atoms with Crippen LogP contribution in [-0.4, -0.2) is 49.2 Å². The number of nitro benzene ring substituents is 1. The molecule has 0 bridgehead atoms. The number of hydrogen-bond donors (Lipinski definition) is 2. The first-order chi connectivity index (χ1) is 15.1. The molecule has 1 aromatic carbocycles. The Bertz CT molecular complexity index is 1270. The van der Waals surface area contributed by atoms with Crippen LogP contribution in [0, 0.1) is 10.1 Å². The van der Waals surface area contributed by atoms with Crippen LogP contribution < -0.4 is 10.9 Å². The van der Waals surface area contributed by atoms with Crippen molar-refractivity contribution in [3.05, 3.63) is 64.0 Å². The molecule has 1 aliphatic rings. The molecule has 3 heterocycles. The number of nitro groups is 1. The van der Waals surface area contributed by atoms with Crippen LogP contribution in [0.3, 0.4) is 0 Å². The highest BCUT2D eigenvalue weighted by atomic mass is 19.4. The molecule has 11 nitrogen and oxygen atoms in total. The summed E-state index contributed by atoms with van der Waals surface area (Å²) in [6.07, 6.45) is -2.06. The average Bonchev–Trinajstić information content (AvgIpc) is 3.24. The number of aromatic nitrogens is 3. The smallest absolute Gasteiger partial charge is 0.475 e. The summed E-state index contributed by atoms with van der Waals surface area (Å²) >= 11 is 0. The third-order valence-electron chi connectivity index (χ3n) is 4.16. The van der Waals surface area contributed by atoms with Gasteiger partial charge < -0.3 is 10.4 Å². The van der Waals surface area contributed by atoms with Gasteiger partial charge in [-0.2, -0.15) is 18.2 Å². The van der Waals surface area contributed by atoms with Crippen LogP contribution in [0.2, 0.25) is 0 Å². The van der Waals surface area contributed by atoms with Crippen molar-refractivity contribution >= 4 is 34.3 Å². The molecule has 4 rings (SSSR count). The maximum atomic E-state index is 12.3. The van der Waals surface area contributed by atoms with Gasteiger partial charge in [0, 0.05) is 43.0 Å². The highest BCUT2D eigenvalue weighted by molar-refractivity contribution is 5.95. The number of nitrogens with one attached hydrogen (secondary N) is 1. The zero-order valence-corrected chi connectivity index (χ0v) is 15.9. The number of nitrogens with zero attached hydrogens (tertiary/aromatic N) is 5. The Morgan fingerprint density at radius 3 is 2.59 bits per heavy atom. The summed E-state index contributed by atoms with van der Waals surface area (Å²) in [5.41, 5.74) is 1.15. The molecule has 0 saturated heterocycles. The van der Waals surface area contributed by atoms with Crippen LogP contribution in [0.5, 0.6) is 0 Å². The molecule has 0 fully saturated rings. The normalized spacial score (nSPS) is 13.0. The third-order valence-corrected chi connectivity index (χ3v) is 4.16. The average molecular weight is 450 g/mol. The fraction of sp³-hybridized carbons (Fsp3) is 0.167. The molecule has 2 N–H and O–H groups in total. The largest absolute Gasteiger partial charge is 0.490 e. The molecule has 32 heavy (non-hydrogen) atoms. The van der Waals surface area contributed by atoms with Crippen LogP contribution in [0.15, 0.2) is 47.7 Å². The number of non-ortho nitro benzene ring substituents is 1. The van der Waals surface area contributed by atoms with Gasteiger partial charge in [0.15, 0.2) is 0 Å². The molecule has 0 aliphatic carbocycles. The lowest BCUT2D eigenvalue weighted by Crippen LogP contribution is -2.24. The van der Waals surface area contributed by atoms with E-state index >= 15 is 0 Å². The molecule has 1 amide bonds. The SMILES string of the molecule is O=C(N=c1nc2ccc([N+](=O)[O-])cc2c2n1CCN2)c1cccnc1.O=C(O)C(F)(F)F. The van der Waals surface area contributed by atoms with Gasteiger partial charge in [0.05, 0.1) is 16.0 Å². The Labute approximate surface area is 176 Å². The summed E-state index contributed by atoms with van der Waals surface area (Å²) in [5.74, 6) is -2.53. The zero-order chi connectivity index (χ0) is 23.5. The van der Waals surface area contributed by atoms with E-state index in [9.17, 15) is 28.1 Å². The number of halogens is 3. The number of aliphatic carboxylic acids is 1. The molecule has 14 heteroatoms. The van der Waals surface area contributed by atoms with E-state index in [0.29, 0.717) is 35.4 Å². The van der Waals surface area contributed by atoms with Crippen LogP contribution in [0.25, 0.3) is 10.9 Å². The molecular weight excluding hydrogens is 437 g/mol. The second kappa shape index (κ2) is 8.79. The van der Waals surface area contributed by atoms with Gasteiger partial charge in [-0.25, -0.2) is 9.78 Å². The number of rotatable bonds is 2. The number of alkyl halides is 3. The third kappa shape index (κ3) is 4.85. The number of hydrogen-bond acceptors (Lipinski definition) is 7. The number of carbonyl (C=O) groups excluding carboxylic acids is 1. The topological polar surface area (TPSA) is 153 Å². The summed E-state index contributed by atoms with van der Waals surface area (Å²) in [6, 6.07) is 7.70. The fourth-order valence-corrected chi connectivity index (χ4v) is 2.76. The Hall–Kier alpha value is -4.36. The number of anilines is 1. The van der Waals surface area contributed by atoms with E-state index in [1.54, 1.807) is 29.0 Å². The first-order valence-electron chi connectivity index (χ1n) is 8.80. The Kier molecular flexibility index (Phi) is 6.13. The van der Waals surface area contributed by atoms with E-state index in [-0.39, 0.29) is 11.3 Å². The quantitative estimate of drug-likeness (QED) is 0.445. The zero-order valence-electron chi connectivity index (χ0n) is 15.9. The van der Waals surface area contributed by atoms with E-state index in [1.807, 2.05) is 0 Å².